The van der Waals surface area contributed by atoms with Crippen molar-refractivity contribution in [3.63, 3.8) is 0 Å². The smallest absolute Gasteiger partial charge is 0.338 e. The van der Waals surface area contributed by atoms with Crippen LogP contribution in [0.3, 0.4) is 0 Å². The molecule has 3 N–H and O–H groups in total. The molecule has 0 aliphatic carbocycles. The molecular weight excluding hydrogens is 434 g/mol. The molecule has 11 heteroatoms. The lowest BCUT2D eigenvalue weighted by molar-refractivity contribution is -0.142. The molecule has 33 heavy (non-hydrogen) atoms. The van der Waals surface area contributed by atoms with Crippen LogP contribution in [0.1, 0.15) is 29.1 Å². The molecule has 0 bridgehead atoms. The zero-order valence-electron chi connectivity index (χ0n) is 18.0. The summed E-state index contributed by atoms with van der Waals surface area (Å²) >= 11 is 0. The van der Waals surface area contributed by atoms with E-state index in [4.69, 9.17) is 18.6 Å². The van der Waals surface area contributed by atoms with Crippen molar-refractivity contribution < 1.29 is 37.8 Å². The summed E-state index contributed by atoms with van der Waals surface area (Å²) in [5.41, 5.74) is 0.428. The molecule has 1 atom stereocenters. The number of urea groups is 1. The van der Waals surface area contributed by atoms with E-state index in [0.717, 1.165) is 0 Å². The standard InChI is InChI=1S/C22H23N3O8/c1-3-31-21(28)18-15(24-22(29)25-19(18)16-5-4-10-32-16)12-33-17(26)11-23-20(27)13-6-8-14(30-2)9-7-13/h4-10,19H,3,11-12H2,1-2H3,(H,23,27)(H2,24,25,29). The number of benzene rings is 1. The number of nitrogens with one attached hydrogen (secondary N) is 3. The van der Waals surface area contributed by atoms with Crippen molar-refractivity contribution >= 4 is 23.9 Å². The number of hydrogen-bond acceptors (Lipinski definition) is 8. The van der Waals surface area contributed by atoms with Gasteiger partial charge in [0.05, 0.1) is 31.2 Å². The van der Waals surface area contributed by atoms with E-state index in [1.165, 1.54) is 13.4 Å². The van der Waals surface area contributed by atoms with Crippen LogP contribution in [-0.4, -0.2) is 50.7 Å². The minimum atomic E-state index is -0.920. The van der Waals surface area contributed by atoms with Gasteiger partial charge in [-0.1, -0.05) is 0 Å². The van der Waals surface area contributed by atoms with E-state index in [-0.39, 0.29) is 17.9 Å². The predicted molar refractivity (Wildman–Crippen MR) is 113 cm³/mol. The van der Waals surface area contributed by atoms with Crippen molar-refractivity contribution in [2.24, 2.45) is 0 Å². The van der Waals surface area contributed by atoms with Gasteiger partial charge in [-0.2, -0.15) is 0 Å². The van der Waals surface area contributed by atoms with Crippen molar-refractivity contribution in [3.05, 3.63) is 65.3 Å². The SMILES string of the molecule is CCOC(=O)C1=C(COC(=O)CNC(=O)c2ccc(OC)cc2)NC(=O)NC1c1ccco1. The molecule has 0 saturated carbocycles. The monoisotopic (exact) mass is 457 g/mol. The lowest BCUT2D eigenvalue weighted by Crippen LogP contribution is -2.47. The second-order valence-corrected chi connectivity index (χ2v) is 6.73. The van der Waals surface area contributed by atoms with Gasteiger partial charge in [-0.05, 0) is 43.3 Å². The normalized spacial score (nSPS) is 15.2. The lowest BCUT2D eigenvalue weighted by Gasteiger charge is -2.27. The Morgan fingerprint density at radius 1 is 1.12 bits per heavy atom. The summed E-state index contributed by atoms with van der Waals surface area (Å²) in [6, 6.07) is 8.01. The third-order valence-corrected chi connectivity index (χ3v) is 4.60. The summed E-state index contributed by atoms with van der Waals surface area (Å²) in [7, 11) is 1.51. The van der Waals surface area contributed by atoms with Gasteiger partial charge in [-0.25, -0.2) is 9.59 Å². The van der Waals surface area contributed by atoms with E-state index < -0.39 is 43.1 Å². The van der Waals surface area contributed by atoms with Gasteiger partial charge < -0.3 is 34.6 Å². The fraction of sp³-hybridized carbons (Fsp3) is 0.273. The molecule has 0 fully saturated rings. The first-order valence-corrected chi connectivity index (χ1v) is 10.0. The Balaban J connectivity index is 1.66. The Labute approximate surface area is 189 Å². The highest BCUT2D eigenvalue weighted by atomic mass is 16.5. The molecule has 3 amide bonds. The van der Waals surface area contributed by atoms with E-state index in [2.05, 4.69) is 16.0 Å². The zero-order chi connectivity index (χ0) is 23.8. The number of furan rings is 1. The number of hydrogen-bond donors (Lipinski definition) is 3. The second kappa shape index (κ2) is 10.8. The lowest BCUT2D eigenvalue weighted by atomic mass is 10.0. The van der Waals surface area contributed by atoms with Crippen molar-refractivity contribution in [3.8, 4) is 5.75 Å². The van der Waals surface area contributed by atoms with Crippen LogP contribution in [0.15, 0.2) is 58.3 Å². The van der Waals surface area contributed by atoms with Crippen LogP contribution >= 0.6 is 0 Å². The van der Waals surface area contributed by atoms with Gasteiger partial charge in [0.15, 0.2) is 0 Å². The van der Waals surface area contributed by atoms with E-state index >= 15 is 0 Å². The molecule has 174 valence electrons. The summed E-state index contributed by atoms with van der Waals surface area (Å²) in [5.74, 6) is -1.05. The number of rotatable bonds is 9. The van der Waals surface area contributed by atoms with E-state index in [1.807, 2.05) is 0 Å². The van der Waals surface area contributed by atoms with Crippen LogP contribution in [0.2, 0.25) is 0 Å². The number of esters is 2. The quantitative estimate of drug-likeness (QED) is 0.480. The number of methoxy groups -OCH3 is 1. The molecule has 1 aliphatic heterocycles. The first-order valence-electron chi connectivity index (χ1n) is 10.0. The molecular formula is C22H23N3O8. The third kappa shape index (κ3) is 5.91. The highest BCUT2D eigenvalue weighted by Crippen LogP contribution is 2.28. The molecule has 0 spiro atoms. The van der Waals surface area contributed by atoms with Crippen LogP contribution in [0.5, 0.6) is 5.75 Å². The van der Waals surface area contributed by atoms with Crippen molar-refractivity contribution in [1.82, 2.24) is 16.0 Å². The third-order valence-electron chi connectivity index (χ3n) is 4.60. The van der Waals surface area contributed by atoms with Gasteiger partial charge in [0, 0.05) is 5.56 Å². The zero-order valence-corrected chi connectivity index (χ0v) is 18.0. The van der Waals surface area contributed by atoms with E-state index in [9.17, 15) is 19.2 Å². The van der Waals surface area contributed by atoms with Crippen molar-refractivity contribution in [2.45, 2.75) is 13.0 Å². The largest absolute Gasteiger partial charge is 0.497 e. The highest BCUT2D eigenvalue weighted by Gasteiger charge is 2.35. The Hall–Kier alpha value is -4.28. The topological polar surface area (TPSA) is 145 Å². The second-order valence-electron chi connectivity index (χ2n) is 6.73. The maximum absolute atomic E-state index is 12.6. The fourth-order valence-electron chi connectivity index (χ4n) is 3.05. The molecule has 0 radical (unpaired) electrons. The van der Waals surface area contributed by atoms with Gasteiger partial charge in [-0.15, -0.1) is 0 Å². The molecule has 2 heterocycles. The molecule has 1 aromatic heterocycles. The summed E-state index contributed by atoms with van der Waals surface area (Å²) < 4.78 is 20.6. The Morgan fingerprint density at radius 2 is 1.88 bits per heavy atom. The summed E-state index contributed by atoms with van der Waals surface area (Å²) in [5, 5.41) is 7.49. The average Bonchev–Trinajstić information content (AvgIpc) is 3.36. The Bertz CT molecular complexity index is 1040. The molecule has 1 aliphatic rings. The van der Waals surface area contributed by atoms with Gasteiger partial charge in [0.1, 0.15) is 30.7 Å². The van der Waals surface area contributed by atoms with Crippen molar-refractivity contribution in [1.29, 1.82) is 0 Å². The molecule has 3 rings (SSSR count). The molecule has 2 aromatic rings. The minimum Gasteiger partial charge on any atom is -0.497 e. The maximum atomic E-state index is 12.6. The van der Waals surface area contributed by atoms with Crippen molar-refractivity contribution in [2.75, 3.05) is 26.9 Å². The number of amides is 3. The van der Waals surface area contributed by atoms with Gasteiger partial charge in [0.2, 0.25) is 0 Å². The van der Waals surface area contributed by atoms with Crippen LogP contribution in [0.4, 0.5) is 4.79 Å². The number of ether oxygens (including phenoxy) is 3. The summed E-state index contributed by atoms with van der Waals surface area (Å²) in [6.07, 6.45) is 1.40. The van der Waals surface area contributed by atoms with Crippen LogP contribution < -0.4 is 20.7 Å². The van der Waals surface area contributed by atoms with Crippen LogP contribution in [0.25, 0.3) is 0 Å². The molecule has 1 unspecified atom stereocenters. The first kappa shape index (κ1) is 23.4. The first-order chi connectivity index (χ1) is 15.9. The predicted octanol–water partition coefficient (Wildman–Crippen LogP) is 1.43. The van der Waals surface area contributed by atoms with E-state index in [0.29, 0.717) is 17.1 Å². The summed E-state index contributed by atoms with van der Waals surface area (Å²) in [6.45, 7) is 0.905. The van der Waals surface area contributed by atoms with E-state index in [1.54, 1.807) is 43.3 Å². The van der Waals surface area contributed by atoms with Gasteiger partial charge in [-0.3, -0.25) is 9.59 Å². The molecule has 11 nitrogen and oxygen atoms in total. The molecule has 0 saturated heterocycles. The van der Waals surface area contributed by atoms with Gasteiger partial charge >= 0.3 is 18.0 Å². The van der Waals surface area contributed by atoms with Gasteiger partial charge in [0.25, 0.3) is 5.91 Å². The average molecular weight is 457 g/mol. The van der Waals surface area contributed by atoms with Crippen LogP contribution in [-0.2, 0) is 19.1 Å². The Morgan fingerprint density at radius 3 is 2.52 bits per heavy atom. The fourth-order valence-corrected chi connectivity index (χ4v) is 3.05. The summed E-state index contributed by atoms with van der Waals surface area (Å²) in [4.78, 5) is 49.0. The maximum Gasteiger partial charge on any atom is 0.338 e. The van der Waals surface area contributed by atoms with Crippen LogP contribution in [0, 0.1) is 0 Å². The number of carbonyl (C=O) groups is 4. The molecule has 1 aromatic carbocycles. The highest BCUT2D eigenvalue weighted by molar-refractivity contribution is 5.96. The Kier molecular flexibility index (Phi) is 7.68. The minimum absolute atomic E-state index is 0.0430. The number of carbonyl (C=O) groups excluding carboxylic acids is 4.